The summed E-state index contributed by atoms with van der Waals surface area (Å²) in [5, 5.41) is 0. The van der Waals surface area contributed by atoms with Gasteiger partial charge in [-0.3, -0.25) is 0 Å². The van der Waals surface area contributed by atoms with E-state index in [-0.39, 0.29) is 6.42 Å². The molecule has 0 amide bonds. The summed E-state index contributed by atoms with van der Waals surface area (Å²) in [7, 11) is 0. The van der Waals surface area contributed by atoms with Gasteiger partial charge >= 0.3 is 29.9 Å². The van der Waals surface area contributed by atoms with E-state index in [4.69, 9.17) is 0 Å². The molecule has 0 spiro atoms. The second kappa shape index (κ2) is 8.59. The van der Waals surface area contributed by atoms with Gasteiger partial charge in [-0.15, -0.1) is 6.58 Å². The van der Waals surface area contributed by atoms with Gasteiger partial charge in [0.15, 0.2) is 0 Å². The van der Waals surface area contributed by atoms with Crippen LogP contribution in [0.1, 0.15) is 33.6 Å². The topological polar surface area (TPSA) is 52.6 Å². The predicted octanol–water partition coefficient (Wildman–Crippen LogP) is 4.50. The van der Waals surface area contributed by atoms with E-state index in [9.17, 15) is 35.9 Å². The lowest BCUT2D eigenvalue weighted by atomic mass is 9.96. The van der Waals surface area contributed by atoms with Gasteiger partial charge in [0.1, 0.15) is 6.10 Å². The average molecular weight is 390 g/mol. The van der Waals surface area contributed by atoms with Crippen molar-refractivity contribution in [3.8, 4) is 0 Å². The van der Waals surface area contributed by atoms with Crippen LogP contribution in [0.15, 0.2) is 24.8 Å². The van der Waals surface area contributed by atoms with Crippen LogP contribution in [-0.4, -0.2) is 36.0 Å². The van der Waals surface area contributed by atoms with E-state index in [1.165, 1.54) is 6.08 Å². The van der Waals surface area contributed by atoms with Crippen molar-refractivity contribution in [3.63, 3.8) is 0 Å². The summed E-state index contributed by atoms with van der Waals surface area (Å²) in [6, 6.07) is 0. The van der Waals surface area contributed by atoms with Crippen LogP contribution in [0.5, 0.6) is 0 Å². The molecular weight excluding hydrogens is 370 g/mol. The number of alkyl halides is 6. The summed E-state index contributed by atoms with van der Waals surface area (Å²) < 4.78 is 87.7. The molecule has 0 aliphatic rings. The van der Waals surface area contributed by atoms with Crippen LogP contribution >= 0.6 is 0 Å². The SMILES string of the molecule is C=CCC(CC)C(C)OC(=O)C(OC(=O)C(=C)C)(C(F)(F)F)C(F)(F)F. The Kier molecular flexibility index (Phi) is 7.93. The zero-order chi connectivity index (χ0) is 20.9. The van der Waals surface area contributed by atoms with Crippen molar-refractivity contribution >= 4 is 11.9 Å². The molecule has 0 aliphatic carbocycles. The van der Waals surface area contributed by atoms with Gasteiger partial charge in [-0.25, -0.2) is 9.59 Å². The maximum Gasteiger partial charge on any atom is 0.449 e. The van der Waals surface area contributed by atoms with Gasteiger partial charge in [0.25, 0.3) is 0 Å². The highest BCUT2D eigenvalue weighted by Crippen LogP contribution is 2.47. The Morgan fingerprint density at radius 2 is 1.58 bits per heavy atom. The number of esters is 2. The summed E-state index contributed by atoms with van der Waals surface area (Å²) in [6.07, 6.45) is -12.0. The van der Waals surface area contributed by atoms with E-state index in [1.54, 1.807) is 6.92 Å². The van der Waals surface area contributed by atoms with Gasteiger partial charge in [0, 0.05) is 5.57 Å². The number of allylic oxidation sites excluding steroid dienone is 1. The van der Waals surface area contributed by atoms with E-state index in [0.717, 1.165) is 13.8 Å². The number of rotatable bonds is 8. The Morgan fingerprint density at radius 3 is 1.88 bits per heavy atom. The molecule has 0 heterocycles. The maximum atomic E-state index is 13.3. The minimum absolute atomic E-state index is 0.196. The molecule has 150 valence electrons. The highest BCUT2D eigenvalue weighted by molar-refractivity contribution is 5.92. The molecule has 0 radical (unpaired) electrons. The Hall–Kier alpha value is -2.00. The van der Waals surface area contributed by atoms with Gasteiger partial charge in [-0.2, -0.15) is 26.3 Å². The number of hydrogen-bond acceptors (Lipinski definition) is 4. The number of ether oxygens (including phenoxy) is 2. The maximum absolute atomic E-state index is 13.3. The van der Waals surface area contributed by atoms with Gasteiger partial charge in [0.05, 0.1) is 0 Å². The third-order valence-corrected chi connectivity index (χ3v) is 3.63. The van der Waals surface area contributed by atoms with Gasteiger partial charge < -0.3 is 9.47 Å². The summed E-state index contributed by atoms with van der Waals surface area (Å²) in [5.41, 5.74) is -6.20. The Labute approximate surface area is 146 Å². The molecule has 0 saturated carbocycles. The predicted molar refractivity (Wildman–Crippen MR) is 79.9 cm³/mol. The van der Waals surface area contributed by atoms with Crippen molar-refractivity contribution in [2.75, 3.05) is 0 Å². The summed E-state index contributed by atoms with van der Waals surface area (Å²) in [4.78, 5) is 23.3. The second-order valence-electron chi connectivity index (χ2n) is 5.65. The highest BCUT2D eigenvalue weighted by Gasteiger charge is 2.80. The standard InChI is InChI=1S/C16H20F6O4/c1-6-8-11(7-2)10(5)25-13(24)14(15(17,18)19,16(20,21)22)26-12(23)9(3)4/h6,10-11H,1,3,7-8H2,2,4-5H3. The number of carbonyl (C=O) groups is 2. The molecule has 0 rings (SSSR count). The molecule has 0 aliphatic heterocycles. The highest BCUT2D eigenvalue weighted by atomic mass is 19.4. The molecule has 2 atom stereocenters. The van der Waals surface area contributed by atoms with E-state index in [0.29, 0.717) is 6.42 Å². The number of halogens is 6. The minimum Gasteiger partial charge on any atom is -0.459 e. The van der Waals surface area contributed by atoms with E-state index in [1.807, 2.05) is 0 Å². The molecule has 0 saturated heterocycles. The second-order valence-corrected chi connectivity index (χ2v) is 5.65. The van der Waals surface area contributed by atoms with E-state index < -0.39 is 47.5 Å². The fourth-order valence-corrected chi connectivity index (χ4v) is 2.03. The zero-order valence-electron chi connectivity index (χ0n) is 14.5. The monoisotopic (exact) mass is 390 g/mol. The Balaban J connectivity index is 6.06. The smallest absolute Gasteiger partial charge is 0.449 e. The van der Waals surface area contributed by atoms with Crippen LogP contribution in [0, 0.1) is 5.92 Å². The lowest BCUT2D eigenvalue weighted by Crippen LogP contribution is -2.66. The molecule has 0 aromatic rings. The fourth-order valence-electron chi connectivity index (χ4n) is 2.03. The van der Waals surface area contributed by atoms with E-state index >= 15 is 0 Å². The van der Waals surface area contributed by atoms with Crippen LogP contribution in [0.25, 0.3) is 0 Å². The van der Waals surface area contributed by atoms with Crippen molar-refractivity contribution in [3.05, 3.63) is 24.8 Å². The first kappa shape index (κ1) is 24.0. The molecule has 0 aromatic carbocycles. The van der Waals surface area contributed by atoms with Crippen LogP contribution < -0.4 is 0 Å². The first-order valence-electron chi connectivity index (χ1n) is 7.49. The van der Waals surface area contributed by atoms with Crippen molar-refractivity contribution in [1.82, 2.24) is 0 Å². The molecule has 0 bridgehead atoms. The lowest BCUT2D eigenvalue weighted by Gasteiger charge is -2.35. The molecule has 26 heavy (non-hydrogen) atoms. The first-order valence-corrected chi connectivity index (χ1v) is 7.49. The Bertz CT molecular complexity index is 536. The average Bonchev–Trinajstić information content (AvgIpc) is 2.46. The fraction of sp³-hybridized carbons (Fsp3) is 0.625. The van der Waals surface area contributed by atoms with Crippen LogP contribution in [-0.2, 0) is 19.1 Å². The van der Waals surface area contributed by atoms with Crippen molar-refractivity contribution in [1.29, 1.82) is 0 Å². The summed E-state index contributed by atoms with van der Waals surface area (Å²) in [6.45, 7) is 9.93. The minimum atomic E-state index is -6.30. The van der Waals surface area contributed by atoms with Crippen molar-refractivity contribution in [2.45, 2.75) is 57.7 Å². The van der Waals surface area contributed by atoms with E-state index in [2.05, 4.69) is 22.6 Å². The lowest BCUT2D eigenvalue weighted by molar-refractivity contribution is -0.359. The summed E-state index contributed by atoms with van der Waals surface area (Å²) in [5.74, 6) is -5.35. The molecule has 0 N–H and O–H groups in total. The van der Waals surface area contributed by atoms with Crippen LogP contribution in [0.3, 0.4) is 0 Å². The molecule has 2 unspecified atom stereocenters. The van der Waals surface area contributed by atoms with Gasteiger partial charge in [0.2, 0.25) is 0 Å². The Morgan fingerprint density at radius 1 is 1.12 bits per heavy atom. The summed E-state index contributed by atoms with van der Waals surface area (Å²) >= 11 is 0. The largest absolute Gasteiger partial charge is 0.459 e. The third kappa shape index (κ3) is 5.01. The van der Waals surface area contributed by atoms with Crippen LogP contribution in [0.2, 0.25) is 0 Å². The van der Waals surface area contributed by atoms with Crippen molar-refractivity contribution < 1.29 is 45.4 Å². The first-order chi connectivity index (χ1) is 11.7. The normalized spacial score (nSPS) is 15.0. The van der Waals surface area contributed by atoms with Gasteiger partial charge in [-0.1, -0.05) is 19.6 Å². The van der Waals surface area contributed by atoms with Gasteiger partial charge in [-0.05, 0) is 32.6 Å². The zero-order valence-corrected chi connectivity index (χ0v) is 14.5. The molecule has 10 heteroatoms. The molecule has 4 nitrogen and oxygen atoms in total. The number of carbonyl (C=O) groups excluding carboxylic acids is 2. The molecule has 0 fully saturated rings. The third-order valence-electron chi connectivity index (χ3n) is 3.63. The number of hydrogen-bond donors (Lipinski definition) is 0. The van der Waals surface area contributed by atoms with Crippen molar-refractivity contribution in [2.24, 2.45) is 5.92 Å². The van der Waals surface area contributed by atoms with Crippen LogP contribution in [0.4, 0.5) is 26.3 Å². The molecular formula is C16H20F6O4. The quantitative estimate of drug-likeness (QED) is 0.265. The molecule has 0 aromatic heterocycles.